The van der Waals surface area contributed by atoms with E-state index in [1.54, 1.807) is 0 Å². The molecule has 106 valence electrons. The van der Waals surface area contributed by atoms with E-state index in [2.05, 4.69) is 42.4 Å². The Morgan fingerprint density at radius 3 is 2.89 bits per heavy atom. The molecule has 0 amide bonds. The fourth-order valence-electron chi connectivity index (χ4n) is 3.32. The molecule has 0 aliphatic carbocycles. The van der Waals surface area contributed by atoms with Crippen molar-refractivity contribution < 1.29 is 0 Å². The first-order valence-electron chi connectivity index (χ1n) is 7.40. The van der Waals surface area contributed by atoms with Gasteiger partial charge >= 0.3 is 0 Å². The zero-order valence-corrected chi connectivity index (χ0v) is 12.8. The van der Waals surface area contributed by atoms with Crippen LogP contribution in [0.1, 0.15) is 37.8 Å². The minimum Gasteiger partial charge on any atom is -0.319 e. The molecular formula is C16H25ClN2. The van der Waals surface area contributed by atoms with E-state index in [4.69, 9.17) is 11.6 Å². The van der Waals surface area contributed by atoms with E-state index in [-0.39, 0.29) is 0 Å². The van der Waals surface area contributed by atoms with E-state index in [1.807, 2.05) is 6.07 Å². The van der Waals surface area contributed by atoms with Crippen LogP contribution in [0, 0.1) is 5.92 Å². The van der Waals surface area contributed by atoms with Crippen LogP contribution in [0.2, 0.25) is 5.02 Å². The van der Waals surface area contributed by atoms with Gasteiger partial charge in [-0.05, 0) is 63.1 Å². The number of likely N-dealkylation sites (tertiary alicyclic amines) is 1. The predicted molar refractivity (Wildman–Crippen MR) is 82.7 cm³/mol. The monoisotopic (exact) mass is 280 g/mol. The largest absolute Gasteiger partial charge is 0.319 e. The first-order valence-corrected chi connectivity index (χ1v) is 7.78. The van der Waals surface area contributed by atoms with Gasteiger partial charge in [0.05, 0.1) is 0 Å². The van der Waals surface area contributed by atoms with Gasteiger partial charge in [0.1, 0.15) is 0 Å². The molecule has 0 saturated carbocycles. The van der Waals surface area contributed by atoms with Gasteiger partial charge in [0, 0.05) is 11.1 Å². The van der Waals surface area contributed by atoms with Crippen LogP contribution in [-0.4, -0.2) is 31.6 Å². The molecule has 2 unspecified atom stereocenters. The molecule has 0 spiro atoms. The Balaban J connectivity index is 2.31. The van der Waals surface area contributed by atoms with Crippen LogP contribution in [0.3, 0.4) is 0 Å². The molecule has 1 aliphatic rings. The SMILES string of the molecule is CCN1CCCCC(CNC)C1c1cccc(Cl)c1. The van der Waals surface area contributed by atoms with Crippen molar-refractivity contribution >= 4 is 11.6 Å². The highest BCUT2D eigenvalue weighted by Gasteiger charge is 2.29. The highest BCUT2D eigenvalue weighted by Crippen LogP contribution is 2.35. The Bertz CT molecular complexity index is 394. The number of benzene rings is 1. The second-order valence-corrected chi connectivity index (χ2v) is 5.88. The molecule has 1 aliphatic heterocycles. The first kappa shape index (κ1) is 14.8. The van der Waals surface area contributed by atoms with E-state index >= 15 is 0 Å². The van der Waals surface area contributed by atoms with Gasteiger partial charge in [0.25, 0.3) is 0 Å². The van der Waals surface area contributed by atoms with Crippen molar-refractivity contribution in [3.63, 3.8) is 0 Å². The third-order valence-corrected chi connectivity index (χ3v) is 4.41. The molecular weight excluding hydrogens is 256 g/mol. The molecule has 1 fully saturated rings. The Kier molecular flexibility index (Phi) is 5.68. The Morgan fingerprint density at radius 2 is 2.21 bits per heavy atom. The lowest BCUT2D eigenvalue weighted by Crippen LogP contribution is -2.36. The fraction of sp³-hybridized carbons (Fsp3) is 0.625. The first-order chi connectivity index (χ1) is 9.26. The third kappa shape index (κ3) is 3.71. The van der Waals surface area contributed by atoms with Crippen LogP contribution in [-0.2, 0) is 0 Å². The molecule has 0 aromatic heterocycles. The number of rotatable bonds is 4. The lowest BCUT2D eigenvalue weighted by atomic mass is 9.89. The molecule has 0 radical (unpaired) electrons. The highest BCUT2D eigenvalue weighted by molar-refractivity contribution is 6.30. The van der Waals surface area contributed by atoms with Gasteiger partial charge in [-0.1, -0.05) is 37.1 Å². The van der Waals surface area contributed by atoms with Crippen LogP contribution in [0.15, 0.2) is 24.3 Å². The van der Waals surface area contributed by atoms with E-state index in [0.717, 1.165) is 18.1 Å². The van der Waals surface area contributed by atoms with E-state index < -0.39 is 0 Å². The lowest BCUT2D eigenvalue weighted by molar-refractivity contribution is 0.162. The molecule has 1 saturated heterocycles. The average molecular weight is 281 g/mol. The van der Waals surface area contributed by atoms with E-state index in [1.165, 1.54) is 31.4 Å². The molecule has 1 N–H and O–H groups in total. The zero-order chi connectivity index (χ0) is 13.7. The number of hydrogen-bond donors (Lipinski definition) is 1. The summed E-state index contributed by atoms with van der Waals surface area (Å²) >= 11 is 6.19. The van der Waals surface area contributed by atoms with Gasteiger partial charge in [-0.2, -0.15) is 0 Å². The summed E-state index contributed by atoms with van der Waals surface area (Å²) in [6.45, 7) is 5.65. The number of hydrogen-bond acceptors (Lipinski definition) is 2. The smallest absolute Gasteiger partial charge is 0.0409 e. The summed E-state index contributed by atoms with van der Waals surface area (Å²) < 4.78 is 0. The minimum absolute atomic E-state index is 0.499. The third-order valence-electron chi connectivity index (χ3n) is 4.17. The predicted octanol–water partition coefficient (Wildman–Crippen LogP) is 3.72. The Hall–Kier alpha value is -0.570. The second-order valence-electron chi connectivity index (χ2n) is 5.44. The summed E-state index contributed by atoms with van der Waals surface area (Å²) in [7, 11) is 2.05. The van der Waals surface area contributed by atoms with E-state index in [9.17, 15) is 0 Å². The molecule has 2 rings (SSSR count). The molecule has 0 bridgehead atoms. The van der Waals surface area contributed by atoms with Crippen LogP contribution >= 0.6 is 11.6 Å². The topological polar surface area (TPSA) is 15.3 Å². The standard InChI is InChI=1S/C16H25ClN2/c1-3-19-10-5-4-7-14(12-18-2)16(19)13-8-6-9-15(17)11-13/h6,8-9,11,14,16,18H,3-5,7,10,12H2,1-2H3. The highest BCUT2D eigenvalue weighted by atomic mass is 35.5. The lowest BCUT2D eigenvalue weighted by Gasteiger charge is -2.35. The van der Waals surface area contributed by atoms with Crippen molar-refractivity contribution in [3.05, 3.63) is 34.9 Å². The van der Waals surface area contributed by atoms with Crippen molar-refractivity contribution in [1.29, 1.82) is 0 Å². The molecule has 1 aromatic carbocycles. The summed E-state index contributed by atoms with van der Waals surface area (Å²) in [6, 6.07) is 8.91. The minimum atomic E-state index is 0.499. The van der Waals surface area contributed by atoms with Crippen molar-refractivity contribution in [2.75, 3.05) is 26.7 Å². The number of nitrogens with one attached hydrogen (secondary N) is 1. The number of nitrogens with zero attached hydrogens (tertiary/aromatic N) is 1. The van der Waals surface area contributed by atoms with Gasteiger partial charge < -0.3 is 5.32 Å². The summed E-state index contributed by atoms with van der Waals surface area (Å²) in [5.74, 6) is 0.672. The van der Waals surface area contributed by atoms with Crippen molar-refractivity contribution in [1.82, 2.24) is 10.2 Å². The molecule has 1 heterocycles. The summed E-state index contributed by atoms with van der Waals surface area (Å²) in [5, 5.41) is 4.21. The van der Waals surface area contributed by atoms with Gasteiger partial charge in [0.15, 0.2) is 0 Å². The van der Waals surface area contributed by atoms with Crippen LogP contribution in [0.25, 0.3) is 0 Å². The summed E-state index contributed by atoms with van der Waals surface area (Å²) in [6.07, 6.45) is 3.94. The summed E-state index contributed by atoms with van der Waals surface area (Å²) in [5.41, 5.74) is 1.37. The maximum atomic E-state index is 6.19. The molecule has 2 atom stereocenters. The van der Waals surface area contributed by atoms with Gasteiger partial charge in [-0.15, -0.1) is 0 Å². The molecule has 2 nitrogen and oxygen atoms in total. The van der Waals surface area contributed by atoms with Crippen LogP contribution < -0.4 is 5.32 Å². The summed E-state index contributed by atoms with van der Waals surface area (Å²) in [4.78, 5) is 2.61. The van der Waals surface area contributed by atoms with Gasteiger partial charge in [-0.3, -0.25) is 4.90 Å². The Labute approximate surface area is 122 Å². The maximum absolute atomic E-state index is 6.19. The molecule has 1 aromatic rings. The molecule has 3 heteroatoms. The van der Waals surface area contributed by atoms with E-state index in [0.29, 0.717) is 12.0 Å². The van der Waals surface area contributed by atoms with Crippen molar-refractivity contribution in [2.45, 2.75) is 32.2 Å². The second kappa shape index (κ2) is 7.28. The van der Waals surface area contributed by atoms with Crippen LogP contribution in [0.4, 0.5) is 0 Å². The zero-order valence-electron chi connectivity index (χ0n) is 12.0. The maximum Gasteiger partial charge on any atom is 0.0409 e. The van der Waals surface area contributed by atoms with Crippen molar-refractivity contribution in [3.8, 4) is 0 Å². The quantitative estimate of drug-likeness (QED) is 0.904. The van der Waals surface area contributed by atoms with Crippen LogP contribution in [0.5, 0.6) is 0 Å². The fourth-order valence-corrected chi connectivity index (χ4v) is 3.52. The van der Waals surface area contributed by atoms with Gasteiger partial charge in [0.2, 0.25) is 0 Å². The Morgan fingerprint density at radius 1 is 1.37 bits per heavy atom. The normalized spacial score (nSPS) is 25.2. The average Bonchev–Trinajstić information content (AvgIpc) is 2.61. The number of halogens is 1. The van der Waals surface area contributed by atoms with Gasteiger partial charge in [-0.25, -0.2) is 0 Å². The van der Waals surface area contributed by atoms with Crippen molar-refractivity contribution in [2.24, 2.45) is 5.92 Å². The molecule has 19 heavy (non-hydrogen) atoms.